The van der Waals surface area contributed by atoms with Gasteiger partial charge in [0.1, 0.15) is 5.01 Å². The molecule has 0 fully saturated rings. The normalized spacial score (nSPS) is 11.2. The number of aromatic nitrogens is 1. The zero-order valence-corrected chi connectivity index (χ0v) is 21.5. The molecule has 0 unspecified atom stereocenters. The molecule has 2 heterocycles. The Bertz CT molecular complexity index is 1640. The Morgan fingerprint density at radius 1 is 0.622 bits per heavy atom. The lowest BCUT2D eigenvalue weighted by atomic mass is 10.1. The van der Waals surface area contributed by atoms with E-state index >= 15 is 0 Å². The predicted octanol–water partition coefficient (Wildman–Crippen LogP) is 9.48. The predicted molar refractivity (Wildman–Crippen MR) is 158 cm³/mol. The summed E-state index contributed by atoms with van der Waals surface area (Å²) in [7, 11) is 0. The molecule has 0 atom stereocenters. The van der Waals surface area contributed by atoms with E-state index in [0.29, 0.717) is 0 Å². The lowest BCUT2D eigenvalue weighted by Crippen LogP contribution is -2.09. The molecule has 0 spiro atoms. The average Bonchev–Trinajstić information content (AvgIpc) is 3.61. The largest absolute Gasteiger partial charge is 0.311 e. The number of thiazole rings is 1. The van der Waals surface area contributed by atoms with Crippen molar-refractivity contribution < 1.29 is 4.79 Å². The standard InChI is InChI=1S/C32H22N2OS2/c35-22-28-18-20-30(36-28)32-33-29-19-15-24(21-31(29)37-32)12-11-23-13-16-27(17-14-23)34(25-7-3-1-4-8-25)26-9-5-2-6-10-26/h1-22H/b12-11+. The number of nitrogens with zero attached hydrogens (tertiary/aromatic N) is 2. The maximum atomic E-state index is 11.0. The molecule has 4 aromatic carbocycles. The minimum absolute atomic E-state index is 0.722. The van der Waals surface area contributed by atoms with Crippen LogP contribution in [-0.2, 0) is 0 Å². The Morgan fingerprint density at radius 3 is 1.89 bits per heavy atom. The highest BCUT2D eigenvalue weighted by atomic mass is 32.1. The number of anilines is 3. The number of carbonyl (C=O) groups is 1. The highest BCUT2D eigenvalue weighted by Gasteiger charge is 2.12. The first-order valence-electron chi connectivity index (χ1n) is 11.9. The lowest BCUT2D eigenvalue weighted by Gasteiger charge is -2.25. The van der Waals surface area contributed by atoms with Gasteiger partial charge in [0.25, 0.3) is 0 Å². The van der Waals surface area contributed by atoms with E-state index < -0.39 is 0 Å². The molecular formula is C32H22N2OS2. The molecule has 2 aromatic heterocycles. The van der Waals surface area contributed by atoms with Crippen molar-refractivity contribution in [3.05, 3.63) is 131 Å². The van der Waals surface area contributed by atoms with Crippen molar-refractivity contribution in [1.82, 2.24) is 4.98 Å². The maximum absolute atomic E-state index is 11.0. The van der Waals surface area contributed by atoms with Gasteiger partial charge in [-0.15, -0.1) is 22.7 Å². The summed E-state index contributed by atoms with van der Waals surface area (Å²) in [6, 6.07) is 39.6. The quantitative estimate of drug-likeness (QED) is 0.157. The van der Waals surface area contributed by atoms with Crippen LogP contribution >= 0.6 is 22.7 Å². The summed E-state index contributed by atoms with van der Waals surface area (Å²) in [4.78, 5) is 19.8. The molecule has 6 aromatic rings. The van der Waals surface area contributed by atoms with Gasteiger partial charge >= 0.3 is 0 Å². The zero-order chi connectivity index (χ0) is 25.0. The molecule has 0 aliphatic rings. The van der Waals surface area contributed by atoms with Gasteiger partial charge in [0, 0.05) is 17.1 Å². The van der Waals surface area contributed by atoms with Gasteiger partial charge in [-0.05, 0) is 71.8 Å². The molecule has 0 N–H and O–H groups in total. The number of benzene rings is 4. The molecule has 0 saturated heterocycles. The molecule has 0 radical (unpaired) electrons. The summed E-state index contributed by atoms with van der Waals surface area (Å²) in [5.74, 6) is 0. The van der Waals surface area contributed by atoms with Gasteiger partial charge in [-0.3, -0.25) is 4.79 Å². The number of carbonyl (C=O) groups excluding carboxylic acids is 1. The summed E-state index contributed by atoms with van der Waals surface area (Å²) in [6.07, 6.45) is 5.16. The van der Waals surface area contributed by atoms with Crippen LogP contribution in [0, 0.1) is 0 Å². The highest BCUT2D eigenvalue weighted by Crippen LogP contribution is 2.36. The Hall–Kier alpha value is -4.32. The van der Waals surface area contributed by atoms with Gasteiger partial charge in [-0.1, -0.05) is 66.7 Å². The van der Waals surface area contributed by atoms with Crippen molar-refractivity contribution in [3.63, 3.8) is 0 Å². The fourth-order valence-corrected chi connectivity index (χ4v) is 6.10. The van der Waals surface area contributed by atoms with Gasteiger partial charge in [-0.25, -0.2) is 4.98 Å². The van der Waals surface area contributed by atoms with Crippen LogP contribution in [0.25, 0.3) is 32.3 Å². The first-order valence-corrected chi connectivity index (χ1v) is 13.5. The van der Waals surface area contributed by atoms with Gasteiger partial charge in [0.2, 0.25) is 0 Å². The zero-order valence-electron chi connectivity index (χ0n) is 19.8. The Morgan fingerprint density at radius 2 is 1.24 bits per heavy atom. The number of hydrogen-bond acceptors (Lipinski definition) is 5. The lowest BCUT2D eigenvalue weighted by molar-refractivity contribution is 0.112. The van der Waals surface area contributed by atoms with Crippen LogP contribution in [0.5, 0.6) is 0 Å². The molecular weight excluding hydrogens is 492 g/mol. The molecule has 0 saturated carbocycles. The number of aldehydes is 1. The number of fused-ring (bicyclic) bond motifs is 1. The van der Waals surface area contributed by atoms with Gasteiger partial charge in [0.05, 0.1) is 20.0 Å². The van der Waals surface area contributed by atoms with Crippen LogP contribution < -0.4 is 4.90 Å². The number of para-hydroxylation sites is 2. The third kappa shape index (κ3) is 5.00. The molecule has 37 heavy (non-hydrogen) atoms. The van der Waals surface area contributed by atoms with E-state index in [9.17, 15) is 4.79 Å². The third-order valence-electron chi connectivity index (χ3n) is 6.01. The first-order chi connectivity index (χ1) is 18.3. The van der Waals surface area contributed by atoms with E-state index in [4.69, 9.17) is 4.98 Å². The summed E-state index contributed by atoms with van der Waals surface area (Å²) < 4.78 is 1.13. The van der Waals surface area contributed by atoms with Crippen molar-refractivity contribution in [2.75, 3.05) is 4.90 Å². The molecule has 0 amide bonds. The van der Waals surface area contributed by atoms with Crippen LogP contribution in [-0.4, -0.2) is 11.3 Å². The SMILES string of the molecule is O=Cc1ccc(-c2nc3ccc(/C=C/c4ccc(N(c5ccccc5)c5ccccc5)cc4)cc3s2)s1. The van der Waals surface area contributed by atoms with Crippen molar-refractivity contribution in [3.8, 4) is 9.88 Å². The Labute approximate surface area is 223 Å². The summed E-state index contributed by atoms with van der Waals surface area (Å²) in [5, 5.41) is 0.950. The van der Waals surface area contributed by atoms with E-state index in [0.717, 1.165) is 59.5 Å². The smallest absolute Gasteiger partial charge is 0.160 e. The average molecular weight is 515 g/mol. The summed E-state index contributed by atoms with van der Waals surface area (Å²) >= 11 is 3.13. The number of rotatable bonds is 7. The topological polar surface area (TPSA) is 33.2 Å². The van der Waals surface area contributed by atoms with Gasteiger partial charge < -0.3 is 4.90 Å². The second-order valence-corrected chi connectivity index (χ2v) is 10.6. The Balaban J connectivity index is 1.24. The third-order valence-corrected chi connectivity index (χ3v) is 8.21. The molecule has 6 rings (SSSR count). The van der Waals surface area contributed by atoms with E-state index in [1.54, 1.807) is 11.3 Å². The molecule has 3 nitrogen and oxygen atoms in total. The van der Waals surface area contributed by atoms with Crippen LogP contribution in [0.4, 0.5) is 17.1 Å². The highest BCUT2D eigenvalue weighted by molar-refractivity contribution is 7.26. The molecule has 0 bridgehead atoms. The first kappa shape index (κ1) is 23.1. The van der Waals surface area contributed by atoms with Crippen molar-refractivity contribution in [1.29, 1.82) is 0 Å². The minimum Gasteiger partial charge on any atom is -0.311 e. The van der Waals surface area contributed by atoms with Crippen LogP contribution in [0.2, 0.25) is 0 Å². The van der Waals surface area contributed by atoms with Crippen LogP contribution in [0.3, 0.4) is 0 Å². The molecule has 0 aliphatic carbocycles. The van der Waals surface area contributed by atoms with Crippen molar-refractivity contribution in [2.45, 2.75) is 0 Å². The minimum atomic E-state index is 0.722. The molecule has 0 aliphatic heterocycles. The monoisotopic (exact) mass is 514 g/mol. The fraction of sp³-hybridized carbons (Fsp3) is 0. The summed E-state index contributed by atoms with van der Waals surface area (Å²) in [6.45, 7) is 0. The van der Waals surface area contributed by atoms with Crippen molar-refractivity contribution >= 4 is 68.4 Å². The van der Waals surface area contributed by atoms with E-state index in [1.807, 2.05) is 24.3 Å². The van der Waals surface area contributed by atoms with E-state index in [2.05, 4.69) is 108 Å². The molecule has 178 valence electrons. The van der Waals surface area contributed by atoms with Gasteiger partial charge in [0.15, 0.2) is 6.29 Å². The maximum Gasteiger partial charge on any atom is 0.160 e. The fourth-order valence-electron chi connectivity index (χ4n) is 4.21. The van der Waals surface area contributed by atoms with Gasteiger partial charge in [-0.2, -0.15) is 0 Å². The summed E-state index contributed by atoms with van der Waals surface area (Å²) in [5.41, 5.74) is 6.60. The number of hydrogen-bond donors (Lipinski definition) is 0. The molecule has 5 heteroatoms. The Kier molecular flexibility index (Phi) is 6.46. The second-order valence-electron chi connectivity index (χ2n) is 8.50. The second kappa shape index (κ2) is 10.3. The van der Waals surface area contributed by atoms with E-state index in [1.165, 1.54) is 11.3 Å². The van der Waals surface area contributed by atoms with Crippen LogP contribution in [0.15, 0.2) is 115 Å². The van der Waals surface area contributed by atoms with Crippen LogP contribution in [0.1, 0.15) is 20.8 Å². The van der Waals surface area contributed by atoms with E-state index in [-0.39, 0.29) is 0 Å². The number of thiophene rings is 1. The van der Waals surface area contributed by atoms with Crippen molar-refractivity contribution in [2.24, 2.45) is 0 Å².